The smallest absolute Gasteiger partial charge is 0.255 e. The topological polar surface area (TPSA) is 76.7 Å². The van der Waals surface area contributed by atoms with E-state index < -0.39 is 0 Å². The third-order valence-corrected chi connectivity index (χ3v) is 6.79. The summed E-state index contributed by atoms with van der Waals surface area (Å²) < 4.78 is 10.5. The molecule has 2 N–H and O–H groups in total. The zero-order valence-electron chi connectivity index (χ0n) is 18.9. The van der Waals surface area contributed by atoms with Crippen molar-refractivity contribution in [1.29, 1.82) is 0 Å². The van der Waals surface area contributed by atoms with Crippen LogP contribution in [0.2, 0.25) is 10.0 Å². The average molecular weight is 519 g/mol. The Morgan fingerprint density at radius 1 is 0.941 bits per heavy atom. The van der Waals surface area contributed by atoms with Crippen molar-refractivity contribution < 1.29 is 19.1 Å². The Balaban J connectivity index is 1.69. The normalized spacial score (nSPS) is 11.4. The number of thioether (sulfide) groups is 1. The highest BCUT2D eigenvalue weighted by molar-refractivity contribution is 8.00. The standard InChI is InChI=1S/C25H24Cl2N2O4S/c1-4-23(25(31)29-20-13-16(26)9-10-19(20)27)34-18-7-5-6-17(14-18)28-24(30)15-8-11-21(32-2)22(12-15)33-3/h5-14,23H,4H2,1-3H3,(H,28,30)(H,29,31). The molecule has 0 spiro atoms. The fourth-order valence-electron chi connectivity index (χ4n) is 3.12. The van der Waals surface area contributed by atoms with Crippen LogP contribution in [0.1, 0.15) is 23.7 Å². The number of anilines is 2. The van der Waals surface area contributed by atoms with Gasteiger partial charge in [0.1, 0.15) is 0 Å². The highest BCUT2D eigenvalue weighted by Crippen LogP contribution is 2.31. The molecule has 0 saturated heterocycles. The van der Waals surface area contributed by atoms with Crippen molar-refractivity contribution in [3.63, 3.8) is 0 Å². The van der Waals surface area contributed by atoms with E-state index in [0.29, 0.717) is 44.9 Å². The lowest BCUT2D eigenvalue weighted by molar-refractivity contribution is -0.115. The van der Waals surface area contributed by atoms with Crippen LogP contribution < -0.4 is 20.1 Å². The van der Waals surface area contributed by atoms with Gasteiger partial charge in [-0.25, -0.2) is 0 Å². The summed E-state index contributed by atoms with van der Waals surface area (Å²) in [4.78, 5) is 26.4. The number of rotatable bonds is 9. The minimum atomic E-state index is -0.369. The van der Waals surface area contributed by atoms with Crippen molar-refractivity contribution in [1.82, 2.24) is 0 Å². The molecule has 34 heavy (non-hydrogen) atoms. The van der Waals surface area contributed by atoms with E-state index in [1.165, 1.54) is 26.0 Å². The van der Waals surface area contributed by atoms with E-state index in [1.807, 2.05) is 25.1 Å². The van der Waals surface area contributed by atoms with Crippen LogP contribution in [-0.2, 0) is 4.79 Å². The summed E-state index contributed by atoms with van der Waals surface area (Å²) >= 11 is 13.6. The molecule has 0 aliphatic heterocycles. The minimum absolute atomic E-state index is 0.184. The van der Waals surface area contributed by atoms with Gasteiger partial charge in [0.15, 0.2) is 11.5 Å². The Morgan fingerprint density at radius 2 is 1.71 bits per heavy atom. The van der Waals surface area contributed by atoms with E-state index in [2.05, 4.69) is 10.6 Å². The van der Waals surface area contributed by atoms with Crippen molar-refractivity contribution >= 4 is 58.2 Å². The molecule has 3 aromatic carbocycles. The summed E-state index contributed by atoms with van der Waals surface area (Å²) in [6.07, 6.45) is 0.594. The van der Waals surface area contributed by atoms with Gasteiger partial charge in [0, 0.05) is 21.2 Å². The van der Waals surface area contributed by atoms with Crippen molar-refractivity contribution in [3.05, 3.63) is 76.3 Å². The van der Waals surface area contributed by atoms with E-state index in [-0.39, 0.29) is 17.1 Å². The predicted octanol–water partition coefficient (Wildman–Crippen LogP) is 6.77. The van der Waals surface area contributed by atoms with Gasteiger partial charge in [-0.2, -0.15) is 0 Å². The van der Waals surface area contributed by atoms with Crippen LogP contribution >= 0.6 is 35.0 Å². The maximum Gasteiger partial charge on any atom is 0.255 e. The first-order valence-electron chi connectivity index (χ1n) is 10.4. The molecular weight excluding hydrogens is 495 g/mol. The molecule has 3 aromatic rings. The molecule has 3 rings (SSSR count). The monoisotopic (exact) mass is 518 g/mol. The summed E-state index contributed by atoms with van der Waals surface area (Å²) in [6.45, 7) is 1.93. The van der Waals surface area contributed by atoms with E-state index >= 15 is 0 Å². The first-order valence-corrected chi connectivity index (χ1v) is 12.0. The maximum absolute atomic E-state index is 12.8. The number of amides is 2. The molecule has 1 unspecified atom stereocenters. The molecule has 0 aliphatic carbocycles. The Hall–Kier alpha value is -2.87. The number of benzene rings is 3. The Kier molecular flexibility index (Phi) is 9.10. The highest BCUT2D eigenvalue weighted by atomic mass is 35.5. The van der Waals surface area contributed by atoms with Crippen LogP contribution in [0.25, 0.3) is 0 Å². The lowest BCUT2D eigenvalue weighted by atomic mass is 10.2. The summed E-state index contributed by atoms with van der Waals surface area (Å²) in [5.74, 6) is 0.538. The average Bonchev–Trinajstić information content (AvgIpc) is 2.84. The zero-order valence-corrected chi connectivity index (χ0v) is 21.2. The molecule has 1 atom stereocenters. The van der Waals surface area contributed by atoms with Crippen molar-refractivity contribution in [2.24, 2.45) is 0 Å². The van der Waals surface area contributed by atoms with Crippen molar-refractivity contribution in [2.75, 3.05) is 24.9 Å². The van der Waals surface area contributed by atoms with Gasteiger partial charge < -0.3 is 20.1 Å². The Labute approximate surface area is 212 Å². The molecule has 0 heterocycles. The highest BCUT2D eigenvalue weighted by Gasteiger charge is 2.20. The van der Waals surface area contributed by atoms with Crippen LogP contribution in [0.3, 0.4) is 0 Å². The number of carbonyl (C=O) groups excluding carboxylic acids is 2. The molecule has 0 fully saturated rings. The zero-order chi connectivity index (χ0) is 24.7. The van der Waals surface area contributed by atoms with E-state index in [1.54, 1.807) is 42.5 Å². The fourth-order valence-corrected chi connectivity index (χ4v) is 4.47. The van der Waals surface area contributed by atoms with Gasteiger partial charge in [-0.05, 0) is 61.0 Å². The number of hydrogen-bond donors (Lipinski definition) is 2. The number of carbonyl (C=O) groups is 2. The summed E-state index contributed by atoms with van der Waals surface area (Å²) in [6, 6.07) is 17.2. The van der Waals surface area contributed by atoms with Crippen LogP contribution in [0.5, 0.6) is 11.5 Å². The van der Waals surface area contributed by atoms with E-state index in [0.717, 1.165) is 4.90 Å². The predicted molar refractivity (Wildman–Crippen MR) is 139 cm³/mol. The molecule has 0 bridgehead atoms. The second kappa shape index (κ2) is 12.0. The van der Waals surface area contributed by atoms with E-state index in [9.17, 15) is 9.59 Å². The number of methoxy groups -OCH3 is 2. The lowest BCUT2D eigenvalue weighted by Crippen LogP contribution is -2.24. The van der Waals surface area contributed by atoms with Gasteiger partial charge in [-0.15, -0.1) is 11.8 Å². The third-order valence-electron chi connectivity index (χ3n) is 4.87. The van der Waals surface area contributed by atoms with Gasteiger partial charge in [-0.3, -0.25) is 9.59 Å². The quantitative estimate of drug-likeness (QED) is 0.305. The van der Waals surface area contributed by atoms with Gasteiger partial charge in [0.2, 0.25) is 5.91 Å². The number of nitrogens with one attached hydrogen (secondary N) is 2. The van der Waals surface area contributed by atoms with Gasteiger partial charge in [-0.1, -0.05) is 36.2 Å². The van der Waals surface area contributed by atoms with Gasteiger partial charge in [0.05, 0.1) is 30.2 Å². The molecule has 0 aliphatic rings. The number of hydrogen-bond acceptors (Lipinski definition) is 5. The lowest BCUT2D eigenvalue weighted by Gasteiger charge is -2.16. The van der Waals surface area contributed by atoms with Gasteiger partial charge in [0.25, 0.3) is 5.91 Å². The number of halogens is 2. The number of ether oxygens (including phenoxy) is 2. The van der Waals surface area contributed by atoms with Crippen LogP contribution in [-0.4, -0.2) is 31.3 Å². The Bertz CT molecular complexity index is 1190. The second-order valence-electron chi connectivity index (χ2n) is 7.18. The van der Waals surface area contributed by atoms with Crippen molar-refractivity contribution in [3.8, 4) is 11.5 Å². The van der Waals surface area contributed by atoms with Crippen LogP contribution in [0.4, 0.5) is 11.4 Å². The van der Waals surface area contributed by atoms with Crippen LogP contribution in [0, 0.1) is 0 Å². The largest absolute Gasteiger partial charge is 0.493 e. The first-order chi connectivity index (χ1) is 16.3. The SMILES string of the molecule is CCC(Sc1cccc(NC(=O)c2ccc(OC)c(OC)c2)c1)C(=O)Nc1cc(Cl)ccc1Cl. The first kappa shape index (κ1) is 25.7. The molecule has 0 aromatic heterocycles. The van der Waals surface area contributed by atoms with Crippen molar-refractivity contribution in [2.45, 2.75) is 23.5 Å². The molecule has 0 radical (unpaired) electrons. The molecule has 178 valence electrons. The maximum atomic E-state index is 12.8. The molecular formula is C25H24Cl2N2O4S. The molecule has 6 nitrogen and oxygen atoms in total. The van der Waals surface area contributed by atoms with Crippen LogP contribution in [0.15, 0.2) is 65.6 Å². The molecule has 2 amide bonds. The third kappa shape index (κ3) is 6.59. The summed E-state index contributed by atoms with van der Waals surface area (Å²) in [5.41, 5.74) is 1.51. The van der Waals surface area contributed by atoms with E-state index in [4.69, 9.17) is 32.7 Å². The molecule has 9 heteroatoms. The second-order valence-corrected chi connectivity index (χ2v) is 9.30. The molecule has 0 saturated carbocycles. The fraction of sp³-hybridized carbons (Fsp3) is 0.200. The van der Waals surface area contributed by atoms with Gasteiger partial charge >= 0.3 is 0 Å². The minimum Gasteiger partial charge on any atom is -0.493 e. The Morgan fingerprint density at radius 3 is 2.41 bits per heavy atom. The summed E-state index contributed by atoms with van der Waals surface area (Å²) in [5, 5.41) is 6.25. The summed E-state index contributed by atoms with van der Waals surface area (Å²) in [7, 11) is 3.05.